The van der Waals surface area contributed by atoms with Crippen molar-refractivity contribution in [3.05, 3.63) is 23.2 Å². The molecule has 0 radical (unpaired) electrons. The maximum atomic E-state index is 9.41. The Hall–Kier alpha value is -1.66. The lowest BCUT2D eigenvalue weighted by molar-refractivity contribution is 0.404. The molecule has 0 saturated heterocycles. The van der Waals surface area contributed by atoms with Crippen molar-refractivity contribution in [1.29, 1.82) is 0 Å². The summed E-state index contributed by atoms with van der Waals surface area (Å²) in [6, 6.07) is 4.63. The van der Waals surface area contributed by atoms with Crippen LogP contribution < -0.4 is 5.32 Å². The zero-order valence-electron chi connectivity index (χ0n) is 9.34. The van der Waals surface area contributed by atoms with Gasteiger partial charge in [0.15, 0.2) is 11.5 Å². The number of rotatable bonds is 4. The van der Waals surface area contributed by atoms with Gasteiger partial charge in [0.25, 0.3) is 0 Å². The van der Waals surface area contributed by atoms with Crippen LogP contribution in [0.15, 0.2) is 18.2 Å². The van der Waals surface area contributed by atoms with E-state index in [0.29, 0.717) is 0 Å². The molecule has 17 heavy (non-hydrogen) atoms. The van der Waals surface area contributed by atoms with Gasteiger partial charge in [-0.2, -0.15) is 0 Å². The lowest BCUT2D eigenvalue weighted by Crippen LogP contribution is -2.09. The molecule has 0 spiro atoms. The third kappa shape index (κ3) is 2.72. The molecule has 0 fully saturated rings. The van der Waals surface area contributed by atoms with Gasteiger partial charge in [-0.15, -0.1) is 10.2 Å². The van der Waals surface area contributed by atoms with Crippen molar-refractivity contribution in [2.45, 2.75) is 6.42 Å². The van der Waals surface area contributed by atoms with Gasteiger partial charge in [-0.1, -0.05) is 11.3 Å². The van der Waals surface area contributed by atoms with E-state index < -0.39 is 0 Å². The van der Waals surface area contributed by atoms with Crippen LogP contribution in [-0.2, 0) is 6.42 Å². The van der Waals surface area contributed by atoms with Crippen LogP contribution in [0.5, 0.6) is 11.5 Å². The highest BCUT2D eigenvalue weighted by Crippen LogP contribution is 2.31. The molecule has 0 aliphatic rings. The van der Waals surface area contributed by atoms with Crippen molar-refractivity contribution >= 4 is 11.3 Å². The van der Waals surface area contributed by atoms with Crippen molar-refractivity contribution in [3.63, 3.8) is 0 Å². The maximum absolute atomic E-state index is 9.41. The molecule has 1 aromatic carbocycles. The van der Waals surface area contributed by atoms with E-state index in [2.05, 4.69) is 15.5 Å². The van der Waals surface area contributed by atoms with Crippen LogP contribution in [0.1, 0.15) is 5.01 Å². The standard InChI is InChI=1S/C11H13N3O2S/c1-12-5-4-10-13-14-11(17-10)7-2-3-8(15)9(16)6-7/h2-3,6,12,15-16H,4-5H2,1H3. The fourth-order valence-electron chi connectivity index (χ4n) is 1.36. The number of hydrogen-bond acceptors (Lipinski definition) is 6. The van der Waals surface area contributed by atoms with Crippen molar-refractivity contribution in [2.24, 2.45) is 0 Å². The molecule has 1 heterocycles. The summed E-state index contributed by atoms with van der Waals surface area (Å²) < 4.78 is 0. The van der Waals surface area contributed by atoms with Gasteiger partial charge in [0.1, 0.15) is 10.0 Å². The quantitative estimate of drug-likeness (QED) is 0.715. The van der Waals surface area contributed by atoms with Crippen molar-refractivity contribution in [2.75, 3.05) is 13.6 Å². The second kappa shape index (κ2) is 5.11. The van der Waals surface area contributed by atoms with E-state index in [1.165, 1.54) is 23.5 Å². The lowest BCUT2D eigenvalue weighted by Gasteiger charge is -1.99. The first-order valence-electron chi connectivity index (χ1n) is 5.20. The molecule has 0 saturated carbocycles. The summed E-state index contributed by atoms with van der Waals surface area (Å²) in [5.74, 6) is -0.275. The third-order valence-corrected chi connectivity index (χ3v) is 3.31. The van der Waals surface area contributed by atoms with Crippen molar-refractivity contribution in [1.82, 2.24) is 15.5 Å². The minimum Gasteiger partial charge on any atom is -0.504 e. The fourth-order valence-corrected chi connectivity index (χ4v) is 2.20. The molecule has 0 bridgehead atoms. The largest absolute Gasteiger partial charge is 0.504 e. The first-order chi connectivity index (χ1) is 8.20. The summed E-state index contributed by atoms with van der Waals surface area (Å²) in [6.07, 6.45) is 0.832. The van der Waals surface area contributed by atoms with Crippen LogP contribution in [0.25, 0.3) is 10.6 Å². The van der Waals surface area contributed by atoms with Gasteiger partial charge in [0.05, 0.1) is 0 Å². The van der Waals surface area contributed by atoms with Gasteiger partial charge in [0.2, 0.25) is 0 Å². The van der Waals surface area contributed by atoms with E-state index in [9.17, 15) is 10.2 Å². The zero-order valence-corrected chi connectivity index (χ0v) is 10.2. The first-order valence-corrected chi connectivity index (χ1v) is 6.01. The molecule has 0 unspecified atom stereocenters. The van der Waals surface area contributed by atoms with E-state index in [-0.39, 0.29) is 11.5 Å². The number of nitrogens with zero attached hydrogens (tertiary/aromatic N) is 2. The summed E-state index contributed by atoms with van der Waals surface area (Å²) in [7, 11) is 1.89. The highest BCUT2D eigenvalue weighted by Gasteiger charge is 2.08. The summed E-state index contributed by atoms with van der Waals surface area (Å²) in [5.41, 5.74) is 0.758. The van der Waals surface area contributed by atoms with Gasteiger partial charge in [0, 0.05) is 18.5 Å². The van der Waals surface area contributed by atoms with E-state index in [4.69, 9.17) is 0 Å². The van der Waals surface area contributed by atoms with Crippen LogP contribution in [0.4, 0.5) is 0 Å². The Balaban J connectivity index is 2.21. The zero-order chi connectivity index (χ0) is 12.3. The van der Waals surface area contributed by atoms with Gasteiger partial charge >= 0.3 is 0 Å². The van der Waals surface area contributed by atoms with E-state index in [0.717, 1.165) is 28.5 Å². The Bertz CT molecular complexity index is 513. The number of likely N-dealkylation sites (N-methyl/N-ethyl adjacent to an activating group) is 1. The lowest BCUT2D eigenvalue weighted by atomic mass is 10.2. The van der Waals surface area contributed by atoms with Crippen molar-refractivity contribution in [3.8, 4) is 22.1 Å². The molecule has 0 aliphatic carbocycles. The van der Waals surface area contributed by atoms with Gasteiger partial charge < -0.3 is 15.5 Å². The molecule has 90 valence electrons. The summed E-state index contributed by atoms with van der Waals surface area (Å²) in [4.78, 5) is 0. The molecule has 0 aliphatic heterocycles. The monoisotopic (exact) mass is 251 g/mol. The van der Waals surface area contributed by atoms with Gasteiger partial charge in [-0.3, -0.25) is 0 Å². The molecule has 2 rings (SSSR count). The van der Waals surface area contributed by atoms with Crippen LogP contribution in [0, 0.1) is 0 Å². The Morgan fingerprint density at radius 1 is 1.24 bits per heavy atom. The van der Waals surface area contributed by atoms with Gasteiger partial charge in [-0.25, -0.2) is 0 Å². The maximum Gasteiger partial charge on any atom is 0.158 e. The Morgan fingerprint density at radius 3 is 2.76 bits per heavy atom. The molecular formula is C11H13N3O2S. The van der Waals surface area contributed by atoms with E-state index in [1.54, 1.807) is 6.07 Å². The van der Waals surface area contributed by atoms with Crippen LogP contribution in [0.2, 0.25) is 0 Å². The van der Waals surface area contributed by atoms with Crippen LogP contribution in [0.3, 0.4) is 0 Å². The SMILES string of the molecule is CNCCc1nnc(-c2ccc(O)c(O)c2)s1. The Morgan fingerprint density at radius 2 is 2.06 bits per heavy atom. The number of aromatic nitrogens is 2. The molecule has 1 aromatic heterocycles. The number of nitrogens with one attached hydrogen (secondary N) is 1. The molecule has 3 N–H and O–H groups in total. The second-order valence-corrected chi connectivity index (χ2v) is 4.62. The molecule has 0 amide bonds. The van der Waals surface area contributed by atoms with Crippen molar-refractivity contribution < 1.29 is 10.2 Å². The number of phenols is 2. The number of hydrogen-bond donors (Lipinski definition) is 3. The molecular weight excluding hydrogens is 238 g/mol. The predicted molar refractivity (Wildman–Crippen MR) is 66.3 cm³/mol. The topological polar surface area (TPSA) is 78.3 Å². The van der Waals surface area contributed by atoms with E-state index >= 15 is 0 Å². The summed E-state index contributed by atoms with van der Waals surface area (Å²) in [5, 5.41) is 31.5. The number of phenolic OH excluding ortho intramolecular Hbond substituents is 2. The first kappa shape index (κ1) is 11.8. The summed E-state index contributed by atoms with van der Waals surface area (Å²) >= 11 is 1.49. The summed E-state index contributed by atoms with van der Waals surface area (Å²) in [6.45, 7) is 0.857. The van der Waals surface area contributed by atoms with Crippen LogP contribution >= 0.6 is 11.3 Å². The normalized spacial score (nSPS) is 10.6. The average Bonchev–Trinajstić information content (AvgIpc) is 2.79. The third-order valence-electron chi connectivity index (χ3n) is 2.28. The Labute approximate surface area is 103 Å². The number of aromatic hydroxyl groups is 2. The smallest absolute Gasteiger partial charge is 0.158 e. The molecule has 5 nitrogen and oxygen atoms in total. The van der Waals surface area contributed by atoms with Gasteiger partial charge in [-0.05, 0) is 25.2 Å². The Kier molecular flexibility index (Phi) is 3.55. The minimum absolute atomic E-state index is 0.131. The minimum atomic E-state index is -0.144. The highest BCUT2D eigenvalue weighted by molar-refractivity contribution is 7.14. The molecule has 6 heteroatoms. The number of benzene rings is 1. The highest BCUT2D eigenvalue weighted by atomic mass is 32.1. The average molecular weight is 251 g/mol. The predicted octanol–water partition coefficient (Wildman–Crippen LogP) is 1.38. The molecule has 0 atom stereocenters. The second-order valence-electron chi connectivity index (χ2n) is 3.56. The van der Waals surface area contributed by atoms with E-state index in [1.807, 2.05) is 7.05 Å². The van der Waals surface area contributed by atoms with Crippen LogP contribution in [-0.4, -0.2) is 34.0 Å². The fraction of sp³-hybridized carbons (Fsp3) is 0.273. The molecule has 2 aromatic rings.